The molecule has 0 spiro atoms. The van der Waals surface area contributed by atoms with Gasteiger partial charge in [-0.1, -0.05) is 15.9 Å². The highest BCUT2D eigenvalue weighted by molar-refractivity contribution is 9.10. The monoisotopic (exact) mass is 356 g/mol. The topological polar surface area (TPSA) is 6.48 Å². The smallest absolute Gasteiger partial charge is 0.0494 e. The normalized spacial score (nSPS) is 27.4. The van der Waals surface area contributed by atoms with Gasteiger partial charge in [-0.25, -0.2) is 0 Å². The Morgan fingerprint density at radius 1 is 1.30 bits per heavy atom. The molecule has 2 atom stereocenters. The first-order chi connectivity index (χ1) is 9.69. The van der Waals surface area contributed by atoms with E-state index in [0.717, 1.165) is 23.0 Å². The molecule has 1 aromatic carbocycles. The number of halogens is 2. The Morgan fingerprint density at radius 2 is 2.15 bits per heavy atom. The molecule has 3 rings (SSSR count). The van der Waals surface area contributed by atoms with Gasteiger partial charge in [0, 0.05) is 35.2 Å². The maximum Gasteiger partial charge on any atom is 0.0494 e. The lowest BCUT2D eigenvalue weighted by Gasteiger charge is -2.47. The minimum Gasteiger partial charge on any atom is -0.371 e. The van der Waals surface area contributed by atoms with Crippen LogP contribution in [-0.2, 0) is 5.88 Å². The molecule has 1 aromatic rings. The maximum atomic E-state index is 6.13. The summed E-state index contributed by atoms with van der Waals surface area (Å²) in [6, 6.07) is 7.29. The van der Waals surface area contributed by atoms with Crippen LogP contribution >= 0.6 is 27.5 Å². The van der Waals surface area contributed by atoms with Crippen molar-refractivity contribution in [1.82, 2.24) is 4.90 Å². The quantitative estimate of drug-likeness (QED) is 0.735. The lowest BCUT2D eigenvalue weighted by molar-refractivity contribution is 0.102. The molecular formula is C16H22BrClN2. The van der Waals surface area contributed by atoms with Crippen molar-refractivity contribution in [3.05, 3.63) is 28.2 Å². The summed E-state index contributed by atoms with van der Waals surface area (Å²) in [6.07, 6.45) is 3.99. The fourth-order valence-electron chi connectivity index (χ4n) is 3.84. The molecule has 0 amide bonds. The third-order valence-corrected chi connectivity index (χ3v) is 5.65. The van der Waals surface area contributed by atoms with Crippen LogP contribution in [0.4, 0.5) is 5.69 Å². The predicted octanol–water partition coefficient (Wildman–Crippen LogP) is 4.11. The molecule has 20 heavy (non-hydrogen) atoms. The fourth-order valence-corrected chi connectivity index (χ4v) is 4.46. The second kappa shape index (κ2) is 6.25. The van der Waals surface area contributed by atoms with E-state index in [4.69, 9.17) is 11.6 Å². The van der Waals surface area contributed by atoms with E-state index in [1.54, 1.807) is 0 Å². The van der Waals surface area contributed by atoms with Crippen LogP contribution in [0, 0.1) is 5.92 Å². The van der Waals surface area contributed by atoms with E-state index in [2.05, 4.69) is 51.0 Å². The Bertz CT molecular complexity index is 480. The van der Waals surface area contributed by atoms with Crippen molar-refractivity contribution in [2.45, 2.75) is 31.2 Å². The first-order valence-electron chi connectivity index (χ1n) is 7.48. The van der Waals surface area contributed by atoms with Crippen LogP contribution in [0.25, 0.3) is 0 Å². The first-order valence-corrected chi connectivity index (χ1v) is 8.81. The van der Waals surface area contributed by atoms with Crippen molar-refractivity contribution in [2.75, 3.05) is 31.6 Å². The van der Waals surface area contributed by atoms with Gasteiger partial charge in [0.15, 0.2) is 0 Å². The van der Waals surface area contributed by atoms with Crippen LogP contribution in [-0.4, -0.2) is 37.6 Å². The van der Waals surface area contributed by atoms with Crippen molar-refractivity contribution >= 4 is 33.2 Å². The van der Waals surface area contributed by atoms with E-state index in [1.807, 2.05) is 0 Å². The molecule has 0 aliphatic carbocycles. The number of anilines is 1. The minimum absolute atomic E-state index is 0.583. The lowest BCUT2D eigenvalue weighted by atomic mass is 9.84. The molecule has 2 aliphatic rings. The van der Waals surface area contributed by atoms with Crippen LogP contribution in [0.2, 0.25) is 0 Å². The van der Waals surface area contributed by atoms with Gasteiger partial charge >= 0.3 is 0 Å². The van der Waals surface area contributed by atoms with Crippen molar-refractivity contribution in [3.63, 3.8) is 0 Å². The van der Waals surface area contributed by atoms with Gasteiger partial charge in [-0.15, -0.1) is 11.6 Å². The van der Waals surface area contributed by atoms with Crippen LogP contribution in [0.3, 0.4) is 0 Å². The second-order valence-electron chi connectivity index (χ2n) is 6.09. The Kier molecular flexibility index (Phi) is 4.58. The van der Waals surface area contributed by atoms with E-state index >= 15 is 0 Å². The number of hydrogen-bond acceptors (Lipinski definition) is 2. The number of hydrogen-bond donors (Lipinski definition) is 0. The highest BCUT2D eigenvalue weighted by atomic mass is 79.9. The number of fused-ring (bicyclic) bond motifs is 1. The number of piperidine rings is 2. The minimum atomic E-state index is 0.583. The molecule has 2 heterocycles. The average Bonchev–Trinajstić information content (AvgIpc) is 2.47. The number of benzene rings is 1. The Labute approximate surface area is 135 Å². The summed E-state index contributed by atoms with van der Waals surface area (Å²) >= 11 is 9.67. The molecule has 2 saturated heterocycles. The van der Waals surface area contributed by atoms with Gasteiger partial charge < -0.3 is 9.80 Å². The molecule has 0 bridgehead atoms. The molecule has 110 valence electrons. The third kappa shape index (κ3) is 2.86. The third-order valence-electron chi connectivity index (χ3n) is 4.87. The highest BCUT2D eigenvalue weighted by Gasteiger charge is 2.34. The standard InChI is InChI=1S/C16H22BrClN2/c1-19-7-2-3-12-11-20(8-6-15(12)19)16-5-4-14(17)9-13(16)10-18/h4-5,9,12,15H,2-3,6-8,10-11H2,1H3. The molecule has 2 fully saturated rings. The van der Waals surface area contributed by atoms with E-state index in [9.17, 15) is 0 Å². The van der Waals surface area contributed by atoms with Gasteiger partial charge in [0.05, 0.1) is 0 Å². The molecule has 0 aromatic heterocycles. The zero-order valence-corrected chi connectivity index (χ0v) is 14.3. The average molecular weight is 358 g/mol. The summed E-state index contributed by atoms with van der Waals surface area (Å²) in [5.74, 6) is 1.40. The zero-order valence-electron chi connectivity index (χ0n) is 12.0. The van der Waals surface area contributed by atoms with E-state index < -0.39 is 0 Å². The summed E-state index contributed by atoms with van der Waals surface area (Å²) in [7, 11) is 2.29. The van der Waals surface area contributed by atoms with E-state index in [1.165, 1.54) is 43.6 Å². The number of rotatable bonds is 2. The Hall–Kier alpha value is -0.250. The molecule has 2 unspecified atom stereocenters. The maximum absolute atomic E-state index is 6.13. The Morgan fingerprint density at radius 3 is 2.95 bits per heavy atom. The number of alkyl halides is 1. The van der Waals surface area contributed by atoms with Crippen LogP contribution in [0.5, 0.6) is 0 Å². The molecule has 2 nitrogen and oxygen atoms in total. The zero-order chi connectivity index (χ0) is 14.1. The van der Waals surface area contributed by atoms with Crippen molar-refractivity contribution in [1.29, 1.82) is 0 Å². The van der Waals surface area contributed by atoms with Crippen LogP contribution in [0.1, 0.15) is 24.8 Å². The van der Waals surface area contributed by atoms with Gasteiger partial charge in [0.2, 0.25) is 0 Å². The van der Waals surface area contributed by atoms with E-state index in [-0.39, 0.29) is 0 Å². The van der Waals surface area contributed by atoms with Crippen molar-refractivity contribution < 1.29 is 0 Å². The molecule has 0 radical (unpaired) electrons. The van der Waals surface area contributed by atoms with Gasteiger partial charge in [-0.05, 0) is 62.5 Å². The first kappa shape index (κ1) is 14.7. The van der Waals surface area contributed by atoms with Crippen LogP contribution < -0.4 is 4.90 Å². The van der Waals surface area contributed by atoms with Gasteiger partial charge in [-0.2, -0.15) is 0 Å². The summed E-state index contributed by atoms with van der Waals surface area (Å²) in [6.45, 7) is 3.60. The predicted molar refractivity (Wildman–Crippen MR) is 89.7 cm³/mol. The second-order valence-corrected chi connectivity index (χ2v) is 7.27. The fraction of sp³-hybridized carbons (Fsp3) is 0.625. The van der Waals surface area contributed by atoms with Gasteiger partial charge in [0.1, 0.15) is 0 Å². The Balaban J connectivity index is 1.79. The largest absolute Gasteiger partial charge is 0.371 e. The lowest BCUT2D eigenvalue weighted by Crippen LogP contribution is -2.52. The summed E-state index contributed by atoms with van der Waals surface area (Å²) in [4.78, 5) is 5.11. The summed E-state index contributed by atoms with van der Waals surface area (Å²) in [5.41, 5.74) is 2.57. The van der Waals surface area contributed by atoms with Crippen molar-refractivity contribution in [2.24, 2.45) is 5.92 Å². The molecule has 4 heteroatoms. The van der Waals surface area contributed by atoms with Crippen molar-refractivity contribution in [3.8, 4) is 0 Å². The molecular weight excluding hydrogens is 336 g/mol. The molecule has 0 saturated carbocycles. The van der Waals surface area contributed by atoms with E-state index in [0.29, 0.717) is 5.88 Å². The van der Waals surface area contributed by atoms with Gasteiger partial charge in [-0.3, -0.25) is 0 Å². The SMILES string of the molecule is CN1CCCC2CN(c3ccc(Br)cc3CCl)CCC21. The number of nitrogens with zero attached hydrogens (tertiary/aromatic N) is 2. The van der Waals surface area contributed by atoms with Crippen LogP contribution in [0.15, 0.2) is 22.7 Å². The number of likely N-dealkylation sites (tertiary alicyclic amines) is 1. The summed E-state index contributed by atoms with van der Waals surface area (Å²) < 4.78 is 1.11. The molecule has 2 aliphatic heterocycles. The highest BCUT2D eigenvalue weighted by Crippen LogP contribution is 2.34. The van der Waals surface area contributed by atoms with Gasteiger partial charge in [0.25, 0.3) is 0 Å². The molecule has 0 N–H and O–H groups in total. The summed E-state index contributed by atoms with van der Waals surface area (Å²) in [5, 5.41) is 0.